The van der Waals surface area contributed by atoms with Crippen LogP contribution in [0.15, 0.2) is 24.3 Å². The number of rotatable bonds is 5. The molecule has 1 aliphatic rings. The van der Waals surface area contributed by atoms with Gasteiger partial charge in [-0.1, -0.05) is 6.07 Å². The van der Waals surface area contributed by atoms with Crippen LogP contribution in [0, 0.1) is 3.57 Å². The van der Waals surface area contributed by atoms with Crippen molar-refractivity contribution in [1.82, 2.24) is 0 Å². The summed E-state index contributed by atoms with van der Waals surface area (Å²) in [5.41, 5.74) is 1.64. The Morgan fingerprint density at radius 3 is 2.19 bits per heavy atom. The van der Waals surface area contributed by atoms with Gasteiger partial charge in [0.25, 0.3) is 0 Å². The fourth-order valence-electron chi connectivity index (χ4n) is 3.11. The normalized spacial score (nSPS) is 18.5. The van der Waals surface area contributed by atoms with E-state index in [0.29, 0.717) is 35.2 Å². The van der Waals surface area contributed by atoms with E-state index in [9.17, 15) is 5.11 Å². The second-order valence-electron chi connectivity index (χ2n) is 5.83. The molecular weight excluding hydrogens is 451 g/mol. The average Bonchev–Trinajstić information content (AvgIpc) is 2.67. The maximum atomic E-state index is 10.7. The molecule has 0 spiro atoms. The summed E-state index contributed by atoms with van der Waals surface area (Å²) in [5, 5.41) is 10.7. The van der Waals surface area contributed by atoms with Gasteiger partial charge in [0, 0.05) is 18.1 Å². The maximum Gasteiger partial charge on any atom is 0.161 e. The van der Waals surface area contributed by atoms with E-state index in [1.165, 1.54) is 0 Å². The molecule has 0 aliphatic carbocycles. The van der Waals surface area contributed by atoms with E-state index in [1.807, 2.05) is 18.2 Å². The Morgan fingerprint density at radius 2 is 1.58 bits per heavy atom. The zero-order valence-electron chi connectivity index (χ0n) is 15.0. The Hall–Kier alpha value is -1.87. The van der Waals surface area contributed by atoms with E-state index >= 15 is 0 Å². The van der Waals surface area contributed by atoms with E-state index < -0.39 is 12.2 Å². The first-order valence-corrected chi connectivity index (χ1v) is 9.11. The largest absolute Gasteiger partial charge is 0.496 e. The highest BCUT2D eigenvalue weighted by atomic mass is 127. The molecule has 7 heteroatoms. The SMILES string of the molecule is COc1ccc([C@H]2Oc3c(I)c(OC)cc(OC)c3C[C@@H]2O)cc1OC. The van der Waals surface area contributed by atoms with Crippen LogP contribution in [0.2, 0.25) is 0 Å². The van der Waals surface area contributed by atoms with Crippen molar-refractivity contribution in [1.29, 1.82) is 0 Å². The molecule has 2 aromatic rings. The highest BCUT2D eigenvalue weighted by Gasteiger charge is 2.34. The van der Waals surface area contributed by atoms with Crippen LogP contribution in [0.1, 0.15) is 17.2 Å². The Kier molecular flexibility index (Phi) is 5.67. The molecule has 0 unspecified atom stereocenters. The van der Waals surface area contributed by atoms with Crippen molar-refractivity contribution in [3.63, 3.8) is 0 Å². The topological polar surface area (TPSA) is 66.4 Å². The zero-order valence-corrected chi connectivity index (χ0v) is 17.2. The van der Waals surface area contributed by atoms with Gasteiger partial charge in [0.15, 0.2) is 17.6 Å². The summed E-state index contributed by atoms with van der Waals surface area (Å²) in [4.78, 5) is 0. The highest BCUT2D eigenvalue weighted by Crippen LogP contribution is 2.47. The summed E-state index contributed by atoms with van der Waals surface area (Å²) in [6.45, 7) is 0. The van der Waals surface area contributed by atoms with Gasteiger partial charge in [-0.15, -0.1) is 0 Å². The Balaban J connectivity index is 2.04. The number of fused-ring (bicyclic) bond motifs is 1. The second kappa shape index (κ2) is 7.79. The smallest absolute Gasteiger partial charge is 0.161 e. The first-order chi connectivity index (χ1) is 12.5. The van der Waals surface area contributed by atoms with Crippen LogP contribution in [0.3, 0.4) is 0 Å². The summed E-state index contributed by atoms with van der Waals surface area (Å²) in [6.07, 6.45) is -0.844. The first kappa shape index (κ1) is 18.9. The summed E-state index contributed by atoms with van der Waals surface area (Å²) in [7, 11) is 6.36. The van der Waals surface area contributed by atoms with Crippen molar-refractivity contribution in [3.05, 3.63) is 39.0 Å². The molecular formula is C19H21IO6. The number of hydrogen-bond donors (Lipinski definition) is 1. The number of aliphatic hydroxyl groups is 1. The van der Waals surface area contributed by atoms with Gasteiger partial charge >= 0.3 is 0 Å². The number of aliphatic hydroxyl groups excluding tert-OH is 1. The van der Waals surface area contributed by atoms with Gasteiger partial charge in [0.05, 0.1) is 38.1 Å². The number of benzene rings is 2. The molecule has 0 radical (unpaired) electrons. The lowest BCUT2D eigenvalue weighted by Crippen LogP contribution is -2.31. The molecule has 0 saturated carbocycles. The van der Waals surface area contributed by atoms with E-state index in [4.69, 9.17) is 23.7 Å². The van der Waals surface area contributed by atoms with Gasteiger partial charge in [-0.2, -0.15) is 0 Å². The minimum Gasteiger partial charge on any atom is -0.496 e. The molecule has 0 fully saturated rings. The van der Waals surface area contributed by atoms with Crippen molar-refractivity contribution in [2.75, 3.05) is 28.4 Å². The second-order valence-corrected chi connectivity index (χ2v) is 6.91. The summed E-state index contributed by atoms with van der Waals surface area (Å²) in [6, 6.07) is 7.30. The molecule has 0 saturated heterocycles. The van der Waals surface area contributed by atoms with Gasteiger partial charge in [-0.05, 0) is 40.3 Å². The number of halogens is 1. The molecule has 1 heterocycles. The predicted octanol–water partition coefficient (Wildman–Crippen LogP) is 3.36. The molecule has 0 aromatic heterocycles. The van der Waals surface area contributed by atoms with Crippen molar-refractivity contribution in [2.45, 2.75) is 18.6 Å². The van der Waals surface area contributed by atoms with Crippen molar-refractivity contribution >= 4 is 22.6 Å². The number of ether oxygens (including phenoxy) is 5. The first-order valence-electron chi connectivity index (χ1n) is 8.04. The van der Waals surface area contributed by atoms with Crippen molar-refractivity contribution < 1.29 is 28.8 Å². The number of methoxy groups -OCH3 is 4. The Labute approximate surface area is 166 Å². The highest BCUT2D eigenvalue weighted by molar-refractivity contribution is 14.1. The van der Waals surface area contributed by atoms with Crippen molar-refractivity contribution in [2.24, 2.45) is 0 Å². The lowest BCUT2D eigenvalue weighted by Gasteiger charge is -2.33. The molecule has 26 heavy (non-hydrogen) atoms. The lowest BCUT2D eigenvalue weighted by molar-refractivity contribution is 0.0190. The van der Waals surface area contributed by atoms with E-state index in [1.54, 1.807) is 34.5 Å². The predicted molar refractivity (Wildman–Crippen MR) is 105 cm³/mol. The third-order valence-electron chi connectivity index (χ3n) is 4.43. The summed E-state index contributed by atoms with van der Waals surface area (Å²) >= 11 is 2.19. The number of hydrogen-bond acceptors (Lipinski definition) is 6. The van der Waals surface area contributed by atoms with Crippen LogP contribution in [0.25, 0.3) is 0 Å². The van der Waals surface area contributed by atoms with Crippen LogP contribution < -0.4 is 23.7 Å². The van der Waals surface area contributed by atoms with Crippen LogP contribution in [0.4, 0.5) is 0 Å². The average molecular weight is 472 g/mol. The van der Waals surface area contributed by atoms with E-state index in [-0.39, 0.29) is 0 Å². The van der Waals surface area contributed by atoms with Crippen LogP contribution in [-0.2, 0) is 6.42 Å². The van der Waals surface area contributed by atoms with E-state index in [2.05, 4.69) is 22.6 Å². The summed E-state index contributed by atoms with van der Waals surface area (Å²) < 4.78 is 28.6. The van der Waals surface area contributed by atoms with E-state index in [0.717, 1.165) is 14.7 Å². The molecule has 3 rings (SSSR count). The van der Waals surface area contributed by atoms with Gasteiger partial charge in [0.1, 0.15) is 17.2 Å². The lowest BCUT2D eigenvalue weighted by atomic mass is 9.94. The third-order valence-corrected chi connectivity index (χ3v) is 5.45. The maximum absolute atomic E-state index is 10.7. The fourth-order valence-corrected chi connectivity index (χ4v) is 3.94. The molecule has 2 atom stereocenters. The molecule has 6 nitrogen and oxygen atoms in total. The standard InChI is InChI=1S/C19H21IO6/c1-22-13-6-5-10(7-15(13)24-3)18-12(21)8-11-14(23-2)9-16(25-4)17(20)19(11)26-18/h5-7,9,12,18,21H,8H2,1-4H3/t12-,18+/m0/s1. The van der Waals surface area contributed by atoms with Crippen LogP contribution >= 0.6 is 22.6 Å². The Bertz CT molecular complexity index is 807. The minimum atomic E-state index is -0.723. The van der Waals surface area contributed by atoms with Crippen LogP contribution in [-0.4, -0.2) is 39.6 Å². The Morgan fingerprint density at radius 1 is 0.923 bits per heavy atom. The molecule has 0 amide bonds. The molecule has 1 aliphatic heterocycles. The molecule has 2 aromatic carbocycles. The molecule has 140 valence electrons. The van der Waals surface area contributed by atoms with Crippen LogP contribution in [0.5, 0.6) is 28.7 Å². The quantitative estimate of drug-likeness (QED) is 0.674. The van der Waals surface area contributed by atoms with Gasteiger partial charge in [0.2, 0.25) is 0 Å². The minimum absolute atomic E-state index is 0.414. The van der Waals surface area contributed by atoms with Gasteiger partial charge < -0.3 is 28.8 Å². The monoisotopic (exact) mass is 472 g/mol. The molecule has 1 N–H and O–H groups in total. The fraction of sp³-hybridized carbons (Fsp3) is 0.368. The third kappa shape index (κ3) is 3.25. The van der Waals surface area contributed by atoms with Gasteiger partial charge in [-0.25, -0.2) is 0 Å². The van der Waals surface area contributed by atoms with Crippen molar-refractivity contribution in [3.8, 4) is 28.7 Å². The summed E-state index contributed by atoms with van der Waals surface area (Å²) in [5.74, 6) is 3.20. The zero-order chi connectivity index (χ0) is 18.8. The van der Waals surface area contributed by atoms with Gasteiger partial charge in [-0.3, -0.25) is 0 Å². The molecule has 0 bridgehead atoms.